The van der Waals surface area contributed by atoms with Crippen molar-refractivity contribution in [3.05, 3.63) is 137 Å². The Kier molecular flexibility index (Phi) is 18.7. The van der Waals surface area contributed by atoms with Crippen molar-refractivity contribution >= 4 is 16.6 Å². The van der Waals surface area contributed by atoms with Gasteiger partial charge in [0.25, 0.3) is 0 Å². The minimum atomic E-state index is -2.24. The van der Waals surface area contributed by atoms with E-state index in [-0.39, 0.29) is 29.1 Å². The number of hydrogen-bond donors (Lipinski definition) is 1. The molecule has 0 bridgehead atoms. The van der Waals surface area contributed by atoms with Gasteiger partial charge in [0.1, 0.15) is 22.8 Å². The maximum atomic E-state index is 12.4. The van der Waals surface area contributed by atoms with Crippen LogP contribution in [0.25, 0.3) is 0 Å². The SMILES string of the molecule is COc1ccc(COCC[C@H](O[Si](C)(C)C(C)(C)C)C(C)(C)[C@H](O[Si](C)(C)C)[C@@H](C)C(O)/C(C)=C/[C@H](C)COC(c2ccccc2)(c2ccc(OC)cc2)c2ccc(OC)cc2)cc1. The second-order valence-electron chi connectivity index (χ2n) is 20.5. The molecule has 0 aliphatic carbocycles. The Bertz CT molecular complexity index is 1970. The lowest BCUT2D eigenvalue weighted by molar-refractivity contribution is -0.0841. The highest BCUT2D eigenvalue weighted by Crippen LogP contribution is 2.46. The Morgan fingerprint density at radius 2 is 1.12 bits per heavy atom. The van der Waals surface area contributed by atoms with Crippen LogP contribution < -0.4 is 14.2 Å². The second kappa shape index (κ2) is 22.6. The summed E-state index contributed by atoms with van der Waals surface area (Å²) in [4.78, 5) is 0. The fourth-order valence-electron chi connectivity index (χ4n) is 8.22. The number of ether oxygens (including phenoxy) is 5. The summed E-state index contributed by atoms with van der Waals surface area (Å²) in [6, 6.07) is 34.5. The molecule has 64 heavy (non-hydrogen) atoms. The van der Waals surface area contributed by atoms with Gasteiger partial charge in [-0.3, -0.25) is 0 Å². The molecule has 0 spiro atoms. The maximum absolute atomic E-state index is 12.4. The Hall–Kier alpha value is -3.75. The van der Waals surface area contributed by atoms with E-state index in [9.17, 15) is 5.11 Å². The summed E-state index contributed by atoms with van der Waals surface area (Å²) in [7, 11) is 0.649. The van der Waals surface area contributed by atoms with Crippen LogP contribution in [0.4, 0.5) is 0 Å². The number of rotatable bonds is 24. The van der Waals surface area contributed by atoms with Crippen LogP contribution in [-0.2, 0) is 30.5 Å². The van der Waals surface area contributed by atoms with Crippen molar-refractivity contribution in [1.82, 2.24) is 0 Å². The summed E-state index contributed by atoms with van der Waals surface area (Å²) >= 11 is 0. The predicted molar refractivity (Wildman–Crippen MR) is 268 cm³/mol. The molecule has 4 aromatic rings. The van der Waals surface area contributed by atoms with Gasteiger partial charge in [-0.05, 0) is 121 Å². The predicted octanol–water partition coefficient (Wildman–Crippen LogP) is 12.8. The number of benzene rings is 4. The van der Waals surface area contributed by atoms with E-state index >= 15 is 0 Å². The van der Waals surface area contributed by atoms with Crippen LogP contribution in [0.3, 0.4) is 0 Å². The van der Waals surface area contributed by atoms with Gasteiger partial charge in [0.15, 0.2) is 16.6 Å². The van der Waals surface area contributed by atoms with Gasteiger partial charge in [0.05, 0.1) is 52.9 Å². The summed E-state index contributed by atoms with van der Waals surface area (Å²) in [5.74, 6) is 2.06. The molecule has 4 aromatic carbocycles. The first-order chi connectivity index (χ1) is 30.0. The number of aliphatic hydroxyl groups is 1. The number of aliphatic hydroxyl groups excluding tert-OH is 1. The zero-order chi connectivity index (χ0) is 47.5. The third-order valence-corrected chi connectivity index (χ3v) is 18.4. The first-order valence-corrected chi connectivity index (χ1v) is 29.2. The minimum Gasteiger partial charge on any atom is -0.497 e. The molecule has 0 saturated heterocycles. The highest BCUT2D eigenvalue weighted by molar-refractivity contribution is 6.74. The van der Waals surface area contributed by atoms with Crippen molar-refractivity contribution in [2.75, 3.05) is 34.5 Å². The summed E-state index contributed by atoms with van der Waals surface area (Å²) < 4.78 is 44.5. The van der Waals surface area contributed by atoms with E-state index in [2.05, 4.69) is 124 Å². The summed E-state index contributed by atoms with van der Waals surface area (Å²) in [6.07, 6.45) is 1.59. The van der Waals surface area contributed by atoms with Crippen molar-refractivity contribution in [3.8, 4) is 17.2 Å². The highest BCUT2D eigenvalue weighted by atomic mass is 28.4. The fourth-order valence-corrected chi connectivity index (χ4v) is 11.0. The van der Waals surface area contributed by atoms with Crippen molar-refractivity contribution in [2.24, 2.45) is 17.3 Å². The zero-order valence-corrected chi connectivity index (χ0v) is 43.9. The summed E-state index contributed by atoms with van der Waals surface area (Å²) in [5, 5.41) is 12.4. The van der Waals surface area contributed by atoms with Crippen LogP contribution in [0, 0.1) is 17.3 Å². The van der Waals surface area contributed by atoms with Crippen LogP contribution in [0.1, 0.15) is 84.1 Å². The van der Waals surface area contributed by atoms with Crippen molar-refractivity contribution < 1.29 is 37.6 Å². The Labute approximate surface area is 388 Å². The molecule has 0 saturated carbocycles. The standard InChI is InChI=1S/C54H80O8Si2/c1-39(37-60-54(43-20-18-17-19-21-43,44-24-30-47(57-10)31-25-44)45-26-32-48(58-11)33-27-45)36-40(2)50(55)41(3)51(62-63(12,13)14)53(7,8)49(61-64(15,16)52(4,5)6)34-35-59-38-42-22-28-46(56-9)29-23-42/h17-33,36,39,41,49-51,55H,34-35,37-38H2,1-16H3/b40-36+/t39-,41-,49-,50?,51+/m0/s1. The van der Waals surface area contributed by atoms with E-state index in [4.69, 9.17) is 32.5 Å². The molecule has 10 heteroatoms. The van der Waals surface area contributed by atoms with Gasteiger partial charge in [-0.25, -0.2) is 0 Å². The monoisotopic (exact) mass is 913 g/mol. The summed E-state index contributed by atoms with van der Waals surface area (Å²) in [6.45, 7) is 30.4. The van der Waals surface area contributed by atoms with Gasteiger partial charge in [-0.1, -0.05) is 121 Å². The lowest BCUT2D eigenvalue weighted by atomic mass is 9.72. The van der Waals surface area contributed by atoms with Crippen LogP contribution in [0.5, 0.6) is 17.2 Å². The van der Waals surface area contributed by atoms with E-state index in [0.717, 1.165) is 45.1 Å². The molecule has 352 valence electrons. The first-order valence-electron chi connectivity index (χ1n) is 22.9. The molecule has 0 aliphatic heterocycles. The lowest BCUT2D eigenvalue weighted by Crippen LogP contribution is -2.56. The summed E-state index contributed by atoms with van der Waals surface area (Å²) in [5.41, 5.74) is 3.49. The van der Waals surface area contributed by atoms with Gasteiger partial charge in [-0.2, -0.15) is 0 Å². The van der Waals surface area contributed by atoms with E-state index in [1.807, 2.05) is 73.7 Å². The topological polar surface area (TPSA) is 84.8 Å². The van der Waals surface area contributed by atoms with Gasteiger partial charge >= 0.3 is 0 Å². The van der Waals surface area contributed by atoms with Crippen molar-refractivity contribution in [2.45, 2.75) is 130 Å². The van der Waals surface area contributed by atoms with Crippen LogP contribution in [0.2, 0.25) is 37.8 Å². The largest absolute Gasteiger partial charge is 0.497 e. The van der Waals surface area contributed by atoms with E-state index in [0.29, 0.717) is 26.2 Å². The average molecular weight is 913 g/mol. The normalized spacial score (nSPS) is 15.5. The second-order valence-corrected chi connectivity index (χ2v) is 29.8. The lowest BCUT2D eigenvalue weighted by Gasteiger charge is -2.50. The molecule has 1 unspecified atom stereocenters. The molecular formula is C54H80O8Si2. The highest BCUT2D eigenvalue weighted by Gasteiger charge is 2.49. The average Bonchev–Trinajstić information content (AvgIpc) is 3.26. The molecule has 5 atom stereocenters. The quantitative estimate of drug-likeness (QED) is 0.0322. The number of methoxy groups -OCH3 is 3. The van der Waals surface area contributed by atoms with Crippen molar-refractivity contribution in [1.29, 1.82) is 0 Å². The number of hydrogen-bond acceptors (Lipinski definition) is 8. The van der Waals surface area contributed by atoms with E-state index in [1.54, 1.807) is 21.3 Å². The molecule has 0 radical (unpaired) electrons. The van der Waals surface area contributed by atoms with Gasteiger partial charge in [-0.15, -0.1) is 0 Å². The van der Waals surface area contributed by atoms with Crippen LogP contribution in [-0.4, -0.2) is 74.6 Å². The molecule has 0 aliphatic rings. The Balaban J connectivity index is 1.65. The third kappa shape index (κ3) is 13.7. The molecule has 0 aromatic heterocycles. The molecule has 0 amide bonds. The van der Waals surface area contributed by atoms with Gasteiger partial charge < -0.3 is 37.6 Å². The zero-order valence-electron chi connectivity index (χ0n) is 41.9. The van der Waals surface area contributed by atoms with Crippen LogP contribution >= 0.6 is 0 Å². The minimum absolute atomic E-state index is 0.00191. The smallest absolute Gasteiger partial charge is 0.192 e. The molecule has 1 N–H and O–H groups in total. The van der Waals surface area contributed by atoms with Crippen LogP contribution in [0.15, 0.2) is 115 Å². The first kappa shape index (κ1) is 52.9. The fraction of sp³-hybridized carbons (Fsp3) is 0.519. The molecule has 0 fully saturated rings. The van der Waals surface area contributed by atoms with E-state index in [1.165, 1.54) is 0 Å². The van der Waals surface area contributed by atoms with E-state index < -0.39 is 33.8 Å². The molecular weight excluding hydrogens is 833 g/mol. The molecule has 8 nitrogen and oxygen atoms in total. The molecule has 0 heterocycles. The van der Waals surface area contributed by atoms with Gasteiger partial charge in [0.2, 0.25) is 0 Å². The van der Waals surface area contributed by atoms with Gasteiger partial charge in [0, 0.05) is 17.9 Å². The van der Waals surface area contributed by atoms with Crippen molar-refractivity contribution in [3.63, 3.8) is 0 Å². The maximum Gasteiger partial charge on any atom is 0.192 e. The molecule has 4 rings (SSSR count). The third-order valence-electron chi connectivity index (χ3n) is 13.0. The Morgan fingerprint density at radius 3 is 1.58 bits per heavy atom. The Morgan fingerprint density at radius 1 is 0.656 bits per heavy atom.